The fourth-order valence-electron chi connectivity index (χ4n) is 3.76. The number of hydrogen-bond donors (Lipinski definition) is 2. The highest BCUT2D eigenvalue weighted by molar-refractivity contribution is 7.71. The highest BCUT2D eigenvalue weighted by atomic mass is 32.1. The van der Waals surface area contributed by atoms with E-state index in [4.69, 9.17) is 12.2 Å². The van der Waals surface area contributed by atoms with Gasteiger partial charge in [-0.1, -0.05) is 0 Å². The summed E-state index contributed by atoms with van der Waals surface area (Å²) in [6.45, 7) is 5.54. The molecule has 1 saturated heterocycles. The van der Waals surface area contributed by atoms with E-state index in [-0.39, 0.29) is 11.4 Å². The molecule has 1 fully saturated rings. The second-order valence-electron chi connectivity index (χ2n) is 7.10. The van der Waals surface area contributed by atoms with Crippen molar-refractivity contribution in [2.75, 3.05) is 37.6 Å². The van der Waals surface area contributed by atoms with Crippen molar-refractivity contribution in [3.63, 3.8) is 0 Å². The number of pyridine rings is 1. The third-order valence-electron chi connectivity index (χ3n) is 5.33. The Morgan fingerprint density at radius 1 is 1.18 bits per heavy atom. The number of aromatic nitrogens is 3. The van der Waals surface area contributed by atoms with Gasteiger partial charge in [0.1, 0.15) is 11.5 Å². The van der Waals surface area contributed by atoms with Crippen LogP contribution >= 0.6 is 12.2 Å². The molecule has 4 rings (SSSR count). The number of hydrogen-bond acceptors (Lipinski definition) is 4. The predicted molar refractivity (Wildman–Crippen MR) is 110 cm³/mol. The van der Waals surface area contributed by atoms with E-state index in [2.05, 4.69) is 14.9 Å². The molecule has 2 N–H and O–H groups in total. The third-order valence-corrected chi connectivity index (χ3v) is 5.65. The number of benzene rings is 1. The SMILES string of the molecule is O=c1c2cccnc2[nH]c(=S)n1CCC[NH+]1CCN(c2ccc(F)cc2)CC1. The second-order valence-corrected chi connectivity index (χ2v) is 7.49. The van der Waals surface area contributed by atoms with Gasteiger partial charge in [-0.25, -0.2) is 9.37 Å². The van der Waals surface area contributed by atoms with Crippen molar-refractivity contribution in [1.29, 1.82) is 0 Å². The normalized spacial score (nSPS) is 15.2. The summed E-state index contributed by atoms with van der Waals surface area (Å²) in [5.41, 5.74) is 1.53. The summed E-state index contributed by atoms with van der Waals surface area (Å²) >= 11 is 5.34. The molecule has 0 bridgehead atoms. The number of fused-ring (bicyclic) bond motifs is 1. The number of aromatic amines is 1. The Bertz CT molecular complexity index is 1070. The summed E-state index contributed by atoms with van der Waals surface area (Å²) < 4.78 is 15.1. The Morgan fingerprint density at radius 2 is 1.93 bits per heavy atom. The first-order chi connectivity index (χ1) is 13.6. The van der Waals surface area contributed by atoms with E-state index in [1.165, 1.54) is 17.0 Å². The van der Waals surface area contributed by atoms with E-state index >= 15 is 0 Å². The Kier molecular flexibility index (Phi) is 5.50. The standard InChI is InChI=1S/C20H22FN5OS/c21-15-4-6-16(7-5-15)25-13-11-24(12-14-25)9-2-10-26-19(27)17-3-1-8-22-18(17)23-20(26)28/h1,3-8H,2,9-14H2,(H,22,23,28)/p+1. The van der Waals surface area contributed by atoms with Gasteiger partial charge in [-0.3, -0.25) is 9.36 Å². The average Bonchev–Trinajstić information content (AvgIpc) is 2.71. The minimum absolute atomic E-state index is 0.0806. The molecular weight excluding hydrogens is 377 g/mol. The molecule has 1 aromatic carbocycles. The van der Waals surface area contributed by atoms with Crippen LogP contribution in [0.3, 0.4) is 0 Å². The fourth-order valence-corrected chi connectivity index (χ4v) is 4.03. The van der Waals surface area contributed by atoms with Gasteiger partial charge in [0.2, 0.25) is 0 Å². The number of quaternary nitrogens is 1. The topological polar surface area (TPSA) is 58.4 Å². The lowest BCUT2D eigenvalue weighted by Gasteiger charge is -2.33. The fraction of sp³-hybridized carbons (Fsp3) is 0.350. The molecule has 3 heterocycles. The lowest BCUT2D eigenvalue weighted by molar-refractivity contribution is -0.900. The van der Waals surface area contributed by atoms with Crippen molar-refractivity contribution in [1.82, 2.24) is 14.5 Å². The molecule has 1 aliphatic rings. The first-order valence-electron chi connectivity index (χ1n) is 9.54. The average molecular weight is 401 g/mol. The highest BCUT2D eigenvalue weighted by Gasteiger charge is 2.20. The molecule has 0 radical (unpaired) electrons. The van der Waals surface area contributed by atoms with E-state index in [1.807, 2.05) is 12.1 Å². The zero-order chi connectivity index (χ0) is 19.5. The first-order valence-corrected chi connectivity index (χ1v) is 9.94. The van der Waals surface area contributed by atoms with Crippen molar-refractivity contribution in [3.8, 4) is 0 Å². The van der Waals surface area contributed by atoms with Crippen molar-refractivity contribution in [3.05, 3.63) is 63.5 Å². The number of halogens is 1. The smallest absolute Gasteiger partial charge is 0.263 e. The molecule has 0 amide bonds. The lowest BCUT2D eigenvalue weighted by Crippen LogP contribution is -3.14. The van der Waals surface area contributed by atoms with Gasteiger partial charge >= 0.3 is 0 Å². The summed E-state index contributed by atoms with van der Waals surface area (Å²) in [5, 5.41) is 0.566. The Labute approximate surface area is 167 Å². The summed E-state index contributed by atoms with van der Waals surface area (Å²) in [5.74, 6) is -0.203. The van der Waals surface area contributed by atoms with Crippen LogP contribution in [0.2, 0.25) is 0 Å². The highest BCUT2D eigenvalue weighted by Crippen LogP contribution is 2.14. The molecule has 0 atom stereocenters. The number of nitrogens with one attached hydrogen (secondary N) is 2. The zero-order valence-corrected chi connectivity index (χ0v) is 16.3. The van der Waals surface area contributed by atoms with Gasteiger partial charge in [-0.15, -0.1) is 0 Å². The Hall–Kier alpha value is -2.58. The van der Waals surface area contributed by atoms with E-state index < -0.39 is 0 Å². The van der Waals surface area contributed by atoms with Crippen molar-refractivity contribution in [2.45, 2.75) is 13.0 Å². The maximum atomic E-state index is 13.1. The maximum Gasteiger partial charge on any atom is 0.263 e. The van der Waals surface area contributed by atoms with E-state index in [0.29, 0.717) is 22.3 Å². The van der Waals surface area contributed by atoms with Gasteiger partial charge in [0.25, 0.3) is 5.56 Å². The molecule has 0 unspecified atom stereocenters. The van der Waals surface area contributed by atoms with Crippen molar-refractivity contribution >= 4 is 28.9 Å². The molecule has 6 nitrogen and oxygen atoms in total. The van der Waals surface area contributed by atoms with E-state index in [0.717, 1.165) is 44.8 Å². The molecule has 2 aromatic heterocycles. The van der Waals surface area contributed by atoms with Crippen LogP contribution in [0, 0.1) is 10.6 Å². The largest absolute Gasteiger partial charge is 0.360 e. The molecule has 0 spiro atoms. The molecule has 1 aliphatic heterocycles. The van der Waals surface area contributed by atoms with Crippen LogP contribution in [0.25, 0.3) is 11.0 Å². The molecule has 8 heteroatoms. The Balaban J connectivity index is 1.33. The minimum atomic E-state index is -0.203. The predicted octanol–water partition coefficient (Wildman–Crippen LogP) is 1.39. The summed E-state index contributed by atoms with van der Waals surface area (Å²) in [6, 6.07) is 10.2. The molecule has 0 saturated carbocycles. The zero-order valence-electron chi connectivity index (χ0n) is 15.5. The number of nitrogens with zero attached hydrogens (tertiary/aromatic N) is 3. The van der Waals surface area contributed by atoms with Crippen molar-refractivity contribution in [2.24, 2.45) is 0 Å². The van der Waals surface area contributed by atoms with Gasteiger partial charge in [0, 0.05) is 24.8 Å². The van der Waals surface area contributed by atoms with Gasteiger partial charge in [-0.2, -0.15) is 0 Å². The second kappa shape index (κ2) is 8.20. The molecular formula is C20H23FN5OS+. The molecule has 0 aliphatic carbocycles. The van der Waals surface area contributed by atoms with Crippen LogP contribution in [0.1, 0.15) is 6.42 Å². The maximum absolute atomic E-state index is 13.1. The van der Waals surface area contributed by atoms with Crippen LogP contribution in [0.4, 0.5) is 10.1 Å². The van der Waals surface area contributed by atoms with Crippen LogP contribution in [0.15, 0.2) is 47.4 Å². The van der Waals surface area contributed by atoms with Crippen molar-refractivity contribution < 1.29 is 9.29 Å². The molecule has 146 valence electrons. The van der Waals surface area contributed by atoms with Gasteiger partial charge in [-0.05, 0) is 48.6 Å². The van der Waals surface area contributed by atoms with Crippen LogP contribution in [-0.2, 0) is 6.54 Å². The number of piperazine rings is 1. The summed E-state index contributed by atoms with van der Waals surface area (Å²) in [4.78, 5) is 23.7. The number of anilines is 1. The molecule has 28 heavy (non-hydrogen) atoms. The Morgan fingerprint density at radius 3 is 2.68 bits per heavy atom. The summed E-state index contributed by atoms with van der Waals surface area (Å²) in [7, 11) is 0. The lowest BCUT2D eigenvalue weighted by atomic mass is 10.2. The van der Waals surface area contributed by atoms with Gasteiger partial charge in [0.05, 0.1) is 38.1 Å². The molecule has 3 aromatic rings. The minimum Gasteiger partial charge on any atom is -0.360 e. The summed E-state index contributed by atoms with van der Waals surface area (Å²) in [6.07, 6.45) is 2.53. The first kappa shape index (κ1) is 18.8. The van der Waals surface area contributed by atoms with Crippen LogP contribution in [0.5, 0.6) is 0 Å². The van der Waals surface area contributed by atoms with E-state index in [9.17, 15) is 9.18 Å². The van der Waals surface area contributed by atoms with Crippen LogP contribution < -0.4 is 15.4 Å². The number of rotatable bonds is 5. The van der Waals surface area contributed by atoms with Crippen LogP contribution in [-0.4, -0.2) is 47.3 Å². The quantitative estimate of drug-likeness (QED) is 0.636. The van der Waals surface area contributed by atoms with E-state index in [1.54, 1.807) is 22.9 Å². The third kappa shape index (κ3) is 3.98. The number of H-pyrrole nitrogens is 1. The van der Waals surface area contributed by atoms with Gasteiger partial charge < -0.3 is 14.8 Å². The van der Waals surface area contributed by atoms with Gasteiger partial charge in [0.15, 0.2) is 4.77 Å². The monoisotopic (exact) mass is 400 g/mol.